The smallest absolute Gasteiger partial charge is 0.311 e. The second kappa shape index (κ2) is 9.16. The van der Waals surface area contributed by atoms with Crippen LogP contribution in [-0.4, -0.2) is 43.7 Å². The zero-order chi connectivity index (χ0) is 22.2. The van der Waals surface area contributed by atoms with E-state index in [9.17, 15) is 4.79 Å². The third kappa shape index (κ3) is 4.09. The fraction of sp³-hybridized carbons (Fsp3) is 0.500. The third-order valence-electron chi connectivity index (χ3n) is 7.29. The van der Waals surface area contributed by atoms with Crippen molar-refractivity contribution in [1.29, 1.82) is 0 Å². The molecule has 2 aromatic rings. The van der Waals surface area contributed by atoms with Gasteiger partial charge in [0.1, 0.15) is 18.5 Å². The lowest BCUT2D eigenvalue weighted by atomic mass is 9.74. The second-order valence-corrected chi connectivity index (χ2v) is 10.0. The molecule has 2 fully saturated rings. The van der Waals surface area contributed by atoms with Crippen molar-refractivity contribution in [3.8, 4) is 5.75 Å². The van der Waals surface area contributed by atoms with Crippen LogP contribution >= 0.6 is 15.9 Å². The molecular weight excluding hydrogens is 470 g/mol. The summed E-state index contributed by atoms with van der Waals surface area (Å²) >= 11 is 3.60. The zero-order valence-electron chi connectivity index (χ0n) is 18.7. The van der Waals surface area contributed by atoms with Crippen molar-refractivity contribution in [2.45, 2.75) is 39.4 Å². The van der Waals surface area contributed by atoms with Gasteiger partial charge in [-0.2, -0.15) is 0 Å². The molecule has 2 saturated heterocycles. The molecule has 3 aliphatic rings. The summed E-state index contributed by atoms with van der Waals surface area (Å²) < 4.78 is 18.9. The molecule has 5 nitrogen and oxygen atoms in total. The number of nitrogens with zero attached hydrogens (tertiary/aromatic N) is 1. The lowest BCUT2D eigenvalue weighted by Gasteiger charge is -2.34. The normalized spacial score (nSPS) is 25.2. The number of esters is 1. The Bertz CT molecular complexity index is 1020. The molecule has 170 valence electrons. The van der Waals surface area contributed by atoms with Gasteiger partial charge in [0.15, 0.2) is 0 Å². The molecule has 32 heavy (non-hydrogen) atoms. The van der Waals surface area contributed by atoms with Gasteiger partial charge < -0.3 is 14.2 Å². The van der Waals surface area contributed by atoms with Gasteiger partial charge in [-0.05, 0) is 55.5 Å². The maximum Gasteiger partial charge on any atom is 0.311 e. The van der Waals surface area contributed by atoms with E-state index < -0.39 is 0 Å². The first-order valence-electron chi connectivity index (χ1n) is 11.5. The van der Waals surface area contributed by atoms with Crippen LogP contribution in [0.1, 0.15) is 40.3 Å². The lowest BCUT2D eigenvalue weighted by molar-refractivity contribution is -0.145. The molecule has 1 aliphatic carbocycles. The summed E-state index contributed by atoms with van der Waals surface area (Å²) in [5.74, 6) is 1.01. The summed E-state index contributed by atoms with van der Waals surface area (Å²) in [5, 5.41) is 0. The number of hydrogen-bond donors (Lipinski definition) is 0. The van der Waals surface area contributed by atoms with E-state index in [2.05, 4.69) is 46.8 Å². The predicted octanol–water partition coefficient (Wildman–Crippen LogP) is 4.75. The molecule has 0 spiro atoms. The highest BCUT2D eigenvalue weighted by Crippen LogP contribution is 2.50. The summed E-state index contributed by atoms with van der Waals surface area (Å²) in [6.45, 7) is 8.80. The fourth-order valence-electron chi connectivity index (χ4n) is 5.50. The predicted molar refractivity (Wildman–Crippen MR) is 126 cm³/mol. The van der Waals surface area contributed by atoms with E-state index in [1.165, 1.54) is 16.7 Å². The number of fused-ring (bicyclic) bond motifs is 3. The van der Waals surface area contributed by atoms with E-state index in [0.29, 0.717) is 6.61 Å². The number of carbonyl (C=O) groups excluding carboxylic acids is 1. The Balaban J connectivity index is 1.40. The third-order valence-corrected chi connectivity index (χ3v) is 8.06. The number of benzene rings is 2. The van der Waals surface area contributed by atoms with Gasteiger partial charge in [0.05, 0.1) is 19.1 Å². The number of halogens is 1. The number of carbonyl (C=O) groups is 1. The van der Waals surface area contributed by atoms with Crippen LogP contribution in [0.3, 0.4) is 0 Å². The molecule has 0 N–H and O–H groups in total. The minimum absolute atomic E-state index is 0.0454. The zero-order valence-corrected chi connectivity index (χ0v) is 20.3. The maximum absolute atomic E-state index is 12.9. The second-order valence-electron chi connectivity index (χ2n) is 9.17. The fourth-order valence-corrected chi connectivity index (χ4v) is 5.89. The van der Waals surface area contributed by atoms with Gasteiger partial charge in [-0.3, -0.25) is 9.69 Å². The van der Waals surface area contributed by atoms with Crippen molar-refractivity contribution < 1.29 is 19.0 Å². The van der Waals surface area contributed by atoms with Gasteiger partial charge in [0.25, 0.3) is 0 Å². The molecule has 6 heteroatoms. The van der Waals surface area contributed by atoms with Crippen LogP contribution in [0.5, 0.6) is 5.75 Å². The molecule has 0 amide bonds. The first-order valence-corrected chi connectivity index (χ1v) is 12.3. The van der Waals surface area contributed by atoms with Gasteiger partial charge in [-0.25, -0.2) is 0 Å². The summed E-state index contributed by atoms with van der Waals surface area (Å²) in [5.41, 5.74) is 5.95. The van der Waals surface area contributed by atoms with Crippen LogP contribution < -0.4 is 4.74 Å². The highest BCUT2D eigenvalue weighted by Gasteiger charge is 2.49. The highest BCUT2D eigenvalue weighted by molar-refractivity contribution is 9.10. The minimum Gasteiger partial charge on any atom is -0.489 e. The number of hydrogen-bond acceptors (Lipinski definition) is 5. The Morgan fingerprint density at radius 1 is 1.19 bits per heavy atom. The Kier molecular flexibility index (Phi) is 6.28. The van der Waals surface area contributed by atoms with Crippen LogP contribution in [-0.2, 0) is 27.3 Å². The van der Waals surface area contributed by atoms with E-state index in [-0.39, 0.29) is 23.9 Å². The molecule has 0 aromatic heterocycles. The van der Waals surface area contributed by atoms with Crippen molar-refractivity contribution in [3.63, 3.8) is 0 Å². The van der Waals surface area contributed by atoms with Crippen molar-refractivity contribution in [3.05, 3.63) is 62.6 Å². The van der Waals surface area contributed by atoms with Crippen LogP contribution in [0.25, 0.3) is 0 Å². The van der Waals surface area contributed by atoms with E-state index >= 15 is 0 Å². The SMILES string of the molecule is Cc1cc(OCc2ccccc2Br)c(C)c2c1CC[C@H]1C(CN3CCOCC3)C(=O)O[C@@H]21. The van der Waals surface area contributed by atoms with Crippen molar-refractivity contribution in [1.82, 2.24) is 4.90 Å². The Hall–Kier alpha value is -1.89. The van der Waals surface area contributed by atoms with E-state index in [1.54, 1.807) is 0 Å². The molecule has 0 radical (unpaired) electrons. The molecule has 0 saturated carbocycles. The number of ether oxygens (including phenoxy) is 3. The summed E-state index contributed by atoms with van der Waals surface area (Å²) in [4.78, 5) is 15.3. The Morgan fingerprint density at radius 2 is 1.97 bits per heavy atom. The largest absolute Gasteiger partial charge is 0.489 e. The molecule has 2 heterocycles. The summed E-state index contributed by atoms with van der Waals surface area (Å²) in [6.07, 6.45) is 1.82. The Morgan fingerprint density at radius 3 is 2.75 bits per heavy atom. The van der Waals surface area contributed by atoms with Gasteiger partial charge in [-0.1, -0.05) is 34.1 Å². The first kappa shape index (κ1) is 21.9. The van der Waals surface area contributed by atoms with Crippen LogP contribution in [0.2, 0.25) is 0 Å². The topological polar surface area (TPSA) is 48.0 Å². The monoisotopic (exact) mass is 499 g/mol. The van der Waals surface area contributed by atoms with Gasteiger partial charge >= 0.3 is 5.97 Å². The molecule has 2 aromatic carbocycles. The molecule has 3 atom stereocenters. The van der Waals surface area contributed by atoms with E-state index in [4.69, 9.17) is 14.2 Å². The van der Waals surface area contributed by atoms with Gasteiger partial charge in [-0.15, -0.1) is 0 Å². The van der Waals surface area contributed by atoms with Gasteiger partial charge in [0, 0.05) is 41.2 Å². The van der Waals surface area contributed by atoms with Crippen LogP contribution in [0, 0.1) is 25.7 Å². The van der Waals surface area contributed by atoms with Crippen molar-refractivity contribution in [2.24, 2.45) is 11.8 Å². The number of morpholine rings is 1. The average Bonchev–Trinajstić information content (AvgIpc) is 3.11. The average molecular weight is 500 g/mol. The van der Waals surface area contributed by atoms with Crippen molar-refractivity contribution >= 4 is 21.9 Å². The number of aryl methyl sites for hydroxylation is 1. The Labute approximate surface area is 198 Å². The molecule has 2 aliphatic heterocycles. The molecule has 0 bridgehead atoms. The maximum atomic E-state index is 12.9. The lowest BCUT2D eigenvalue weighted by Crippen LogP contribution is -2.42. The van der Waals surface area contributed by atoms with E-state index in [1.807, 2.05) is 18.2 Å². The molecule has 1 unspecified atom stereocenters. The summed E-state index contributed by atoms with van der Waals surface area (Å²) in [6, 6.07) is 10.3. The van der Waals surface area contributed by atoms with Gasteiger partial charge in [0.2, 0.25) is 0 Å². The quantitative estimate of drug-likeness (QED) is 0.555. The molecule has 5 rings (SSSR count). The molecular formula is C26H30BrNO4. The highest BCUT2D eigenvalue weighted by atomic mass is 79.9. The minimum atomic E-state index is -0.164. The summed E-state index contributed by atoms with van der Waals surface area (Å²) in [7, 11) is 0. The standard InChI is InChI=1S/C26H30BrNO4/c1-16-13-23(31-15-18-5-3-4-6-22(18)27)17(2)24-19(16)7-8-20-21(26(29)32-25(20)24)14-28-9-11-30-12-10-28/h3-6,13,20-21,25H,7-12,14-15H2,1-2H3/t20-,21?,25+/m0/s1. The first-order chi connectivity index (χ1) is 15.5. The van der Waals surface area contributed by atoms with Crippen molar-refractivity contribution in [2.75, 3.05) is 32.8 Å². The van der Waals surface area contributed by atoms with Crippen LogP contribution in [0.4, 0.5) is 0 Å². The van der Waals surface area contributed by atoms with Crippen LogP contribution in [0.15, 0.2) is 34.8 Å². The number of rotatable bonds is 5. The van der Waals surface area contributed by atoms with E-state index in [0.717, 1.165) is 67.0 Å².